The lowest BCUT2D eigenvalue weighted by Crippen LogP contribution is -2.20. The van der Waals surface area contributed by atoms with Crippen molar-refractivity contribution in [3.63, 3.8) is 0 Å². The molecule has 0 N–H and O–H groups in total. The Balaban J connectivity index is 2.11. The minimum atomic E-state index is -0.0370. The van der Waals surface area contributed by atoms with Crippen LogP contribution in [0.1, 0.15) is 4.88 Å². The van der Waals surface area contributed by atoms with Crippen LogP contribution in [0.15, 0.2) is 46.8 Å². The molecule has 0 atom stereocenters. The van der Waals surface area contributed by atoms with Crippen LogP contribution >= 0.6 is 22.9 Å². The van der Waals surface area contributed by atoms with Crippen LogP contribution in [-0.4, -0.2) is 9.55 Å². The number of aromatic nitrogens is 2. The molecule has 0 bridgehead atoms. The van der Waals surface area contributed by atoms with Crippen molar-refractivity contribution in [1.29, 1.82) is 0 Å². The van der Waals surface area contributed by atoms with Gasteiger partial charge in [-0.1, -0.05) is 23.7 Å². The van der Waals surface area contributed by atoms with Crippen LogP contribution in [0.4, 0.5) is 0 Å². The maximum Gasteiger partial charge on any atom is 0.261 e. The number of benzene rings is 1. The smallest absolute Gasteiger partial charge is 0.261 e. The molecule has 0 radical (unpaired) electrons. The zero-order valence-corrected chi connectivity index (χ0v) is 10.9. The first-order valence-corrected chi connectivity index (χ1v) is 6.67. The van der Waals surface area contributed by atoms with Crippen LogP contribution in [0.5, 0.6) is 0 Å². The van der Waals surface area contributed by atoms with Gasteiger partial charge in [-0.3, -0.25) is 9.36 Å². The summed E-state index contributed by atoms with van der Waals surface area (Å²) in [6.45, 7) is 0.465. The van der Waals surface area contributed by atoms with E-state index < -0.39 is 0 Å². The molecule has 0 aliphatic carbocycles. The van der Waals surface area contributed by atoms with Crippen molar-refractivity contribution < 1.29 is 0 Å². The summed E-state index contributed by atoms with van der Waals surface area (Å²) in [7, 11) is 0. The molecule has 0 amide bonds. The molecule has 0 aliphatic heterocycles. The largest absolute Gasteiger partial charge is 0.293 e. The van der Waals surface area contributed by atoms with Crippen molar-refractivity contribution in [1.82, 2.24) is 9.55 Å². The Bertz CT molecular complexity index is 763. The Hall–Kier alpha value is -1.65. The lowest BCUT2D eigenvalue weighted by molar-refractivity contribution is 0.758. The monoisotopic (exact) mass is 276 g/mol. The highest BCUT2D eigenvalue weighted by Crippen LogP contribution is 2.22. The minimum Gasteiger partial charge on any atom is -0.293 e. The van der Waals surface area contributed by atoms with Crippen LogP contribution in [0.3, 0.4) is 0 Å². The van der Waals surface area contributed by atoms with Gasteiger partial charge in [-0.15, -0.1) is 11.3 Å². The molecule has 2 aromatic heterocycles. The van der Waals surface area contributed by atoms with E-state index in [2.05, 4.69) is 4.98 Å². The highest BCUT2D eigenvalue weighted by Gasteiger charge is 2.07. The predicted molar refractivity (Wildman–Crippen MR) is 74.4 cm³/mol. The number of hydrogen-bond acceptors (Lipinski definition) is 3. The van der Waals surface area contributed by atoms with Crippen molar-refractivity contribution in [3.05, 3.63) is 62.3 Å². The third kappa shape index (κ3) is 1.94. The zero-order chi connectivity index (χ0) is 12.5. The second-order valence-corrected chi connectivity index (χ2v) is 5.29. The number of nitrogens with zero attached hydrogens (tertiary/aromatic N) is 2. The van der Waals surface area contributed by atoms with Gasteiger partial charge in [0, 0.05) is 4.88 Å². The molecular weight excluding hydrogens is 268 g/mol. The molecule has 3 nitrogen and oxygen atoms in total. The second kappa shape index (κ2) is 4.55. The molecule has 90 valence electrons. The molecule has 3 aromatic rings. The number of para-hydroxylation sites is 1. The predicted octanol–water partition coefficient (Wildman–Crippen LogP) is 3.16. The van der Waals surface area contributed by atoms with E-state index in [0.717, 1.165) is 10.4 Å². The third-order valence-corrected chi connectivity index (χ3v) is 4.11. The fourth-order valence-corrected chi connectivity index (χ4v) is 2.91. The maximum atomic E-state index is 12.3. The van der Waals surface area contributed by atoms with Crippen molar-refractivity contribution >= 4 is 33.8 Å². The molecule has 1 aromatic carbocycles. The molecule has 0 unspecified atom stereocenters. The van der Waals surface area contributed by atoms with E-state index >= 15 is 0 Å². The summed E-state index contributed by atoms with van der Waals surface area (Å²) < 4.78 is 1.58. The van der Waals surface area contributed by atoms with E-state index in [-0.39, 0.29) is 5.56 Å². The quantitative estimate of drug-likeness (QED) is 0.721. The van der Waals surface area contributed by atoms with E-state index in [1.165, 1.54) is 11.3 Å². The molecule has 3 rings (SSSR count). The Morgan fingerprint density at radius 3 is 2.89 bits per heavy atom. The fraction of sp³-hybridized carbons (Fsp3) is 0.0769. The first kappa shape index (κ1) is 11.4. The van der Waals surface area contributed by atoms with Crippen LogP contribution in [0.25, 0.3) is 10.9 Å². The van der Waals surface area contributed by atoms with Gasteiger partial charge in [-0.05, 0) is 23.6 Å². The average molecular weight is 277 g/mol. The zero-order valence-electron chi connectivity index (χ0n) is 9.34. The van der Waals surface area contributed by atoms with E-state index in [1.54, 1.807) is 17.0 Å². The lowest BCUT2D eigenvalue weighted by Gasteiger charge is -2.05. The molecule has 5 heteroatoms. The summed E-state index contributed by atoms with van der Waals surface area (Å²) >= 11 is 7.57. The van der Waals surface area contributed by atoms with Gasteiger partial charge in [0.15, 0.2) is 0 Å². The molecule has 18 heavy (non-hydrogen) atoms. The standard InChI is InChI=1S/C13H9ClN2OS/c14-10-5-6-18-12(10)7-16-8-15-11-4-2-1-3-9(11)13(16)17/h1-6,8H,7H2. The Labute approximate surface area is 112 Å². The van der Waals surface area contributed by atoms with Gasteiger partial charge < -0.3 is 0 Å². The summed E-state index contributed by atoms with van der Waals surface area (Å²) in [5.41, 5.74) is 0.682. The second-order valence-electron chi connectivity index (χ2n) is 3.89. The highest BCUT2D eigenvalue weighted by atomic mass is 35.5. The van der Waals surface area contributed by atoms with E-state index in [9.17, 15) is 4.79 Å². The fourth-order valence-electron chi connectivity index (χ4n) is 1.81. The van der Waals surface area contributed by atoms with Gasteiger partial charge in [-0.2, -0.15) is 0 Å². The molecule has 0 saturated heterocycles. The van der Waals surface area contributed by atoms with Gasteiger partial charge >= 0.3 is 0 Å². The summed E-state index contributed by atoms with van der Waals surface area (Å²) in [6, 6.07) is 9.17. The minimum absolute atomic E-state index is 0.0370. The van der Waals surface area contributed by atoms with Crippen LogP contribution < -0.4 is 5.56 Å². The van der Waals surface area contributed by atoms with E-state index in [0.29, 0.717) is 17.0 Å². The maximum absolute atomic E-state index is 12.3. The Morgan fingerprint density at radius 2 is 2.11 bits per heavy atom. The number of fused-ring (bicyclic) bond motifs is 1. The van der Waals surface area contributed by atoms with Crippen molar-refractivity contribution in [3.8, 4) is 0 Å². The number of hydrogen-bond donors (Lipinski definition) is 0. The first-order valence-electron chi connectivity index (χ1n) is 5.42. The van der Waals surface area contributed by atoms with Gasteiger partial charge in [0.1, 0.15) is 0 Å². The molecule has 0 spiro atoms. The summed E-state index contributed by atoms with van der Waals surface area (Å²) in [4.78, 5) is 17.5. The van der Waals surface area contributed by atoms with Gasteiger partial charge in [0.05, 0.1) is 28.8 Å². The number of halogens is 1. The van der Waals surface area contributed by atoms with Crippen LogP contribution in [-0.2, 0) is 6.54 Å². The molecule has 0 saturated carbocycles. The number of thiophene rings is 1. The van der Waals surface area contributed by atoms with Gasteiger partial charge in [0.2, 0.25) is 0 Å². The van der Waals surface area contributed by atoms with Crippen molar-refractivity contribution in [2.45, 2.75) is 6.54 Å². The summed E-state index contributed by atoms with van der Waals surface area (Å²) in [5.74, 6) is 0. The third-order valence-electron chi connectivity index (χ3n) is 2.74. The molecule has 2 heterocycles. The van der Waals surface area contributed by atoms with Gasteiger partial charge in [-0.25, -0.2) is 4.98 Å². The van der Waals surface area contributed by atoms with E-state index in [4.69, 9.17) is 11.6 Å². The number of rotatable bonds is 2. The van der Waals surface area contributed by atoms with Crippen LogP contribution in [0.2, 0.25) is 5.02 Å². The summed E-state index contributed by atoms with van der Waals surface area (Å²) in [5, 5.41) is 3.24. The summed E-state index contributed by atoms with van der Waals surface area (Å²) in [6.07, 6.45) is 1.57. The van der Waals surface area contributed by atoms with E-state index in [1.807, 2.05) is 29.6 Å². The van der Waals surface area contributed by atoms with Gasteiger partial charge in [0.25, 0.3) is 5.56 Å². The highest BCUT2D eigenvalue weighted by molar-refractivity contribution is 7.10. The molecule has 0 fully saturated rings. The molecular formula is C13H9ClN2OS. The normalized spacial score (nSPS) is 10.9. The SMILES string of the molecule is O=c1c2ccccc2ncn1Cc1sccc1Cl. The Kier molecular flexibility index (Phi) is 2.89. The topological polar surface area (TPSA) is 34.9 Å². The average Bonchev–Trinajstić information content (AvgIpc) is 2.79. The first-order chi connectivity index (χ1) is 8.75. The van der Waals surface area contributed by atoms with Crippen molar-refractivity contribution in [2.75, 3.05) is 0 Å². The van der Waals surface area contributed by atoms with Crippen molar-refractivity contribution in [2.24, 2.45) is 0 Å². The van der Waals surface area contributed by atoms with Crippen LogP contribution in [0, 0.1) is 0 Å². The Morgan fingerprint density at radius 1 is 1.28 bits per heavy atom. The molecule has 0 aliphatic rings. The lowest BCUT2D eigenvalue weighted by atomic mass is 10.2.